The van der Waals surface area contributed by atoms with Crippen LogP contribution < -0.4 is 5.32 Å². The van der Waals surface area contributed by atoms with E-state index in [1.807, 2.05) is 0 Å². The molecule has 1 aliphatic carbocycles. The first-order chi connectivity index (χ1) is 9.83. The Balaban J connectivity index is 1.83. The van der Waals surface area contributed by atoms with Crippen molar-refractivity contribution in [3.8, 4) is 0 Å². The fourth-order valence-corrected chi connectivity index (χ4v) is 3.67. The average Bonchev–Trinajstić information content (AvgIpc) is 2.85. The van der Waals surface area contributed by atoms with Gasteiger partial charge in [-0.1, -0.05) is 29.8 Å². The van der Waals surface area contributed by atoms with E-state index in [4.69, 9.17) is 4.98 Å². The topological polar surface area (TPSA) is 29.9 Å². The SMILES string of the molecule is Cc1cccc(C2CCNc3nc4c(n32)CCCC4)c1. The van der Waals surface area contributed by atoms with Crippen molar-refractivity contribution in [2.45, 2.75) is 45.1 Å². The third-order valence-corrected chi connectivity index (χ3v) is 4.61. The van der Waals surface area contributed by atoms with Crippen molar-refractivity contribution in [1.29, 1.82) is 0 Å². The molecule has 1 aliphatic heterocycles. The van der Waals surface area contributed by atoms with Gasteiger partial charge in [0.25, 0.3) is 0 Å². The summed E-state index contributed by atoms with van der Waals surface area (Å²) in [5.41, 5.74) is 5.58. The molecule has 2 aromatic rings. The van der Waals surface area contributed by atoms with Gasteiger partial charge < -0.3 is 9.88 Å². The van der Waals surface area contributed by atoms with Crippen molar-refractivity contribution in [3.63, 3.8) is 0 Å². The molecule has 1 aromatic heterocycles. The predicted molar refractivity (Wildman–Crippen MR) is 81.3 cm³/mol. The maximum Gasteiger partial charge on any atom is 0.203 e. The van der Waals surface area contributed by atoms with Crippen LogP contribution in [0.1, 0.15) is 47.8 Å². The average molecular weight is 267 g/mol. The van der Waals surface area contributed by atoms with Gasteiger partial charge in [0.05, 0.1) is 11.7 Å². The van der Waals surface area contributed by atoms with Gasteiger partial charge in [-0.05, 0) is 44.6 Å². The maximum atomic E-state index is 4.84. The minimum absolute atomic E-state index is 0.459. The van der Waals surface area contributed by atoms with E-state index in [0.717, 1.165) is 25.3 Å². The van der Waals surface area contributed by atoms with Crippen LogP contribution in [0.25, 0.3) is 0 Å². The molecule has 0 spiro atoms. The molecule has 0 saturated heterocycles. The molecule has 104 valence electrons. The van der Waals surface area contributed by atoms with Gasteiger partial charge in [0.1, 0.15) is 0 Å². The predicted octanol–water partition coefficient (Wildman–Crippen LogP) is 3.48. The van der Waals surface area contributed by atoms with E-state index in [-0.39, 0.29) is 0 Å². The highest BCUT2D eigenvalue weighted by Crippen LogP contribution is 2.35. The lowest BCUT2D eigenvalue weighted by atomic mass is 9.97. The number of benzene rings is 1. The highest BCUT2D eigenvalue weighted by molar-refractivity contribution is 5.41. The van der Waals surface area contributed by atoms with E-state index in [2.05, 4.69) is 41.1 Å². The van der Waals surface area contributed by atoms with Crippen LogP contribution in [-0.4, -0.2) is 16.1 Å². The van der Waals surface area contributed by atoms with E-state index < -0.39 is 0 Å². The summed E-state index contributed by atoms with van der Waals surface area (Å²) in [5, 5.41) is 3.49. The van der Waals surface area contributed by atoms with Crippen molar-refractivity contribution in [1.82, 2.24) is 9.55 Å². The molecular weight excluding hydrogens is 246 g/mol. The lowest BCUT2D eigenvalue weighted by Crippen LogP contribution is -2.25. The van der Waals surface area contributed by atoms with Crippen LogP contribution in [0.3, 0.4) is 0 Å². The lowest BCUT2D eigenvalue weighted by Gasteiger charge is -2.29. The summed E-state index contributed by atoms with van der Waals surface area (Å²) < 4.78 is 2.48. The number of anilines is 1. The largest absolute Gasteiger partial charge is 0.356 e. The molecule has 20 heavy (non-hydrogen) atoms. The molecule has 3 nitrogen and oxygen atoms in total. The number of nitrogens with one attached hydrogen (secondary N) is 1. The molecule has 0 bridgehead atoms. The van der Waals surface area contributed by atoms with Crippen LogP contribution >= 0.6 is 0 Å². The van der Waals surface area contributed by atoms with Gasteiger partial charge in [0.2, 0.25) is 5.95 Å². The second kappa shape index (κ2) is 4.65. The monoisotopic (exact) mass is 267 g/mol. The molecule has 2 aliphatic rings. The molecule has 1 unspecified atom stereocenters. The minimum atomic E-state index is 0.459. The first-order valence-corrected chi connectivity index (χ1v) is 7.73. The van der Waals surface area contributed by atoms with Crippen LogP contribution in [0, 0.1) is 6.92 Å². The third kappa shape index (κ3) is 1.84. The quantitative estimate of drug-likeness (QED) is 0.857. The van der Waals surface area contributed by atoms with Gasteiger partial charge >= 0.3 is 0 Å². The Kier molecular flexibility index (Phi) is 2.79. The highest BCUT2D eigenvalue weighted by atomic mass is 15.3. The summed E-state index contributed by atoms with van der Waals surface area (Å²) in [6, 6.07) is 9.40. The summed E-state index contributed by atoms with van der Waals surface area (Å²) in [6.45, 7) is 3.20. The van der Waals surface area contributed by atoms with E-state index in [9.17, 15) is 0 Å². The fraction of sp³-hybridized carbons (Fsp3) is 0.471. The Morgan fingerprint density at radius 3 is 3.05 bits per heavy atom. The van der Waals surface area contributed by atoms with Crippen LogP contribution in [0.2, 0.25) is 0 Å². The van der Waals surface area contributed by atoms with Crippen molar-refractivity contribution < 1.29 is 0 Å². The molecule has 3 heteroatoms. The Morgan fingerprint density at radius 1 is 1.25 bits per heavy atom. The fourth-order valence-electron chi connectivity index (χ4n) is 3.67. The summed E-state index contributed by atoms with van der Waals surface area (Å²) in [5.74, 6) is 1.09. The van der Waals surface area contributed by atoms with E-state index in [1.54, 1.807) is 0 Å². The molecule has 0 saturated carbocycles. The first kappa shape index (κ1) is 12.0. The summed E-state index contributed by atoms with van der Waals surface area (Å²) in [6.07, 6.45) is 6.08. The summed E-state index contributed by atoms with van der Waals surface area (Å²) in [7, 11) is 0. The van der Waals surface area contributed by atoms with Gasteiger partial charge in [-0.25, -0.2) is 4.98 Å². The molecule has 0 amide bonds. The van der Waals surface area contributed by atoms with Crippen LogP contribution in [0.4, 0.5) is 5.95 Å². The standard InChI is InChI=1S/C17H21N3/c1-12-5-4-6-13(11-12)15-9-10-18-17-19-14-7-2-3-8-16(14)20(15)17/h4-6,11,15H,2-3,7-10H2,1H3,(H,18,19). The Hall–Kier alpha value is -1.77. The Morgan fingerprint density at radius 2 is 2.15 bits per heavy atom. The van der Waals surface area contributed by atoms with E-state index >= 15 is 0 Å². The van der Waals surface area contributed by atoms with Gasteiger partial charge in [-0.2, -0.15) is 0 Å². The van der Waals surface area contributed by atoms with Crippen molar-refractivity contribution in [3.05, 3.63) is 46.8 Å². The van der Waals surface area contributed by atoms with Crippen molar-refractivity contribution >= 4 is 5.95 Å². The Labute approximate surface area is 120 Å². The number of imidazole rings is 1. The van der Waals surface area contributed by atoms with Crippen LogP contribution in [0.5, 0.6) is 0 Å². The van der Waals surface area contributed by atoms with E-state index in [0.29, 0.717) is 6.04 Å². The van der Waals surface area contributed by atoms with Crippen LogP contribution in [0.15, 0.2) is 24.3 Å². The molecule has 2 heterocycles. The van der Waals surface area contributed by atoms with Crippen molar-refractivity contribution in [2.75, 3.05) is 11.9 Å². The summed E-state index contributed by atoms with van der Waals surface area (Å²) >= 11 is 0. The molecule has 1 N–H and O–H groups in total. The lowest BCUT2D eigenvalue weighted by molar-refractivity contribution is 0.501. The second-order valence-corrected chi connectivity index (χ2v) is 6.05. The van der Waals surface area contributed by atoms with E-state index in [1.165, 1.54) is 41.8 Å². The second-order valence-electron chi connectivity index (χ2n) is 6.05. The number of nitrogens with zero attached hydrogens (tertiary/aromatic N) is 2. The zero-order valence-electron chi connectivity index (χ0n) is 12.0. The van der Waals surface area contributed by atoms with Crippen LogP contribution in [-0.2, 0) is 12.8 Å². The third-order valence-electron chi connectivity index (χ3n) is 4.61. The molecular formula is C17H21N3. The zero-order valence-corrected chi connectivity index (χ0v) is 12.0. The molecule has 1 aromatic carbocycles. The number of fused-ring (bicyclic) bond motifs is 3. The zero-order chi connectivity index (χ0) is 13.5. The highest BCUT2D eigenvalue weighted by Gasteiger charge is 2.28. The maximum absolute atomic E-state index is 4.84. The molecule has 0 radical (unpaired) electrons. The number of hydrogen-bond acceptors (Lipinski definition) is 2. The van der Waals surface area contributed by atoms with Gasteiger partial charge in [-0.15, -0.1) is 0 Å². The molecule has 0 fully saturated rings. The first-order valence-electron chi connectivity index (χ1n) is 7.73. The summed E-state index contributed by atoms with van der Waals surface area (Å²) in [4.78, 5) is 4.84. The Bertz CT molecular complexity index is 642. The number of hydrogen-bond donors (Lipinski definition) is 1. The molecule has 4 rings (SSSR count). The number of aryl methyl sites for hydroxylation is 2. The molecule has 1 atom stereocenters. The number of aromatic nitrogens is 2. The normalized spacial score (nSPS) is 20.9. The minimum Gasteiger partial charge on any atom is -0.356 e. The van der Waals surface area contributed by atoms with Gasteiger partial charge in [0.15, 0.2) is 0 Å². The smallest absolute Gasteiger partial charge is 0.203 e. The van der Waals surface area contributed by atoms with Gasteiger partial charge in [0, 0.05) is 12.2 Å². The van der Waals surface area contributed by atoms with Gasteiger partial charge in [-0.3, -0.25) is 0 Å². The van der Waals surface area contributed by atoms with Crippen molar-refractivity contribution in [2.24, 2.45) is 0 Å². The number of rotatable bonds is 1.